The molecule has 0 aliphatic heterocycles. The molecule has 0 fully saturated rings. The molecule has 0 bridgehead atoms. The molecular formula is C14H19N3S. The fourth-order valence-electron chi connectivity index (χ4n) is 2.93. The Kier molecular flexibility index (Phi) is 3.22. The van der Waals surface area contributed by atoms with E-state index in [4.69, 9.17) is 5.73 Å². The molecule has 0 radical (unpaired) electrons. The summed E-state index contributed by atoms with van der Waals surface area (Å²) >= 11 is 1.74. The molecule has 18 heavy (non-hydrogen) atoms. The van der Waals surface area contributed by atoms with Crippen molar-refractivity contribution in [1.82, 2.24) is 9.55 Å². The lowest BCUT2D eigenvalue weighted by atomic mass is 9.93. The van der Waals surface area contributed by atoms with E-state index in [1.807, 2.05) is 6.20 Å². The van der Waals surface area contributed by atoms with Crippen LogP contribution in [0.15, 0.2) is 23.8 Å². The van der Waals surface area contributed by atoms with Crippen molar-refractivity contribution in [2.24, 2.45) is 5.73 Å². The summed E-state index contributed by atoms with van der Waals surface area (Å²) in [4.78, 5) is 4.48. The van der Waals surface area contributed by atoms with Gasteiger partial charge in [0.15, 0.2) is 0 Å². The van der Waals surface area contributed by atoms with Crippen LogP contribution in [0, 0.1) is 0 Å². The molecule has 0 spiro atoms. The molecule has 2 N–H and O–H groups in total. The number of thiazole rings is 1. The molecular weight excluding hydrogens is 242 g/mol. The first-order valence-electron chi connectivity index (χ1n) is 6.65. The molecule has 1 aliphatic rings. The lowest BCUT2D eigenvalue weighted by Crippen LogP contribution is -2.20. The van der Waals surface area contributed by atoms with Crippen molar-refractivity contribution in [3.8, 4) is 0 Å². The molecule has 3 rings (SSSR count). The van der Waals surface area contributed by atoms with Crippen LogP contribution in [0.5, 0.6) is 0 Å². The van der Waals surface area contributed by atoms with Gasteiger partial charge in [0.2, 0.25) is 0 Å². The van der Waals surface area contributed by atoms with E-state index in [-0.39, 0.29) is 6.04 Å². The summed E-state index contributed by atoms with van der Waals surface area (Å²) in [6.07, 6.45) is 8.63. The van der Waals surface area contributed by atoms with E-state index < -0.39 is 0 Å². The quantitative estimate of drug-likeness (QED) is 0.921. The summed E-state index contributed by atoms with van der Waals surface area (Å²) in [6, 6.07) is 2.80. The second-order valence-corrected chi connectivity index (χ2v) is 5.84. The van der Waals surface area contributed by atoms with Crippen LogP contribution in [0.1, 0.15) is 54.5 Å². The third kappa shape index (κ3) is 1.89. The summed E-state index contributed by atoms with van der Waals surface area (Å²) in [7, 11) is 0. The zero-order valence-corrected chi connectivity index (χ0v) is 11.5. The summed E-state index contributed by atoms with van der Waals surface area (Å²) in [5.41, 5.74) is 8.96. The third-order valence-electron chi connectivity index (χ3n) is 3.85. The molecule has 1 aliphatic carbocycles. The molecule has 2 aromatic heterocycles. The number of hydrogen-bond acceptors (Lipinski definition) is 3. The molecule has 0 aromatic carbocycles. The van der Waals surface area contributed by atoms with Gasteiger partial charge in [-0.25, -0.2) is 4.98 Å². The van der Waals surface area contributed by atoms with E-state index in [9.17, 15) is 0 Å². The minimum absolute atomic E-state index is 0.226. The summed E-state index contributed by atoms with van der Waals surface area (Å²) in [6.45, 7) is 2.22. The van der Waals surface area contributed by atoms with Crippen LogP contribution < -0.4 is 5.73 Å². The monoisotopic (exact) mass is 261 g/mol. The maximum atomic E-state index is 6.19. The van der Waals surface area contributed by atoms with Crippen molar-refractivity contribution < 1.29 is 0 Å². The van der Waals surface area contributed by atoms with E-state index in [1.165, 1.54) is 22.7 Å². The number of rotatable bonds is 3. The van der Waals surface area contributed by atoms with E-state index in [0.717, 1.165) is 19.3 Å². The Morgan fingerprint density at radius 3 is 3.22 bits per heavy atom. The predicted molar refractivity (Wildman–Crippen MR) is 74.8 cm³/mol. The predicted octanol–water partition coefficient (Wildman–Crippen LogP) is 3.28. The van der Waals surface area contributed by atoms with Crippen molar-refractivity contribution in [1.29, 1.82) is 0 Å². The third-order valence-corrected chi connectivity index (χ3v) is 4.72. The van der Waals surface area contributed by atoms with E-state index >= 15 is 0 Å². The Balaban J connectivity index is 2.01. The van der Waals surface area contributed by atoms with Crippen molar-refractivity contribution in [3.63, 3.8) is 0 Å². The topological polar surface area (TPSA) is 43.8 Å². The molecule has 2 heterocycles. The second kappa shape index (κ2) is 4.86. The first kappa shape index (κ1) is 11.9. The van der Waals surface area contributed by atoms with Crippen LogP contribution >= 0.6 is 11.3 Å². The Bertz CT molecular complexity index is 515. The summed E-state index contributed by atoms with van der Waals surface area (Å²) in [5.74, 6) is 0. The van der Waals surface area contributed by atoms with Crippen LogP contribution in [-0.4, -0.2) is 9.55 Å². The normalized spacial score (nSPS) is 20.7. The van der Waals surface area contributed by atoms with Gasteiger partial charge in [-0.3, -0.25) is 0 Å². The highest BCUT2D eigenvalue weighted by atomic mass is 32.1. The van der Waals surface area contributed by atoms with E-state index in [0.29, 0.717) is 6.04 Å². The number of nitrogens with two attached hydrogens (primary N) is 1. The van der Waals surface area contributed by atoms with Gasteiger partial charge in [0.1, 0.15) is 5.01 Å². The summed E-state index contributed by atoms with van der Waals surface area (Å²) < 4.78 is 2.40. The van der Waals surface area contributed by atoms with Gasteiger partial charge in [0.05, 0.1) is 6.04 Å². The molecule has 2 unspecified atom stereocenters. The number of hydrogen-bond donors (Lipinski definition) is 1. The van der Waals surface area contributed by atoms with Crippen LogP contribution in [-0.2, 0) is 6.42 Å². The van der Waals surface area contributed by atoms with Crippen molar-refractivity contribution in [3.05, 3.63) is 40.1 Å². The number of fused-ring (bicyclic) bond motifs is 1. The highest BCUT2D eigenvalue weighted by Crippen LogP contribution is 2.33. The zero-order chi connectivity index (χ0) is 12.5. The lowest BCUT2D eigenvalue weighted by molar-refractivity contribution is 0.501. The average molecular weight is 261 g/mol. The Morgan fingerprint density at radius 2 is 2.50 bits per heavy atom. The van der Waals surface area contributed by atoms with Crippen LogP contribution in [0.25, 0.3) is 0 Å². The van der Waals surface area contributed by atoms with Gasteiger partial charge in [-0.15, -0.1) is 11.3 Å². The highest BCUT2D eigenvalue weighted by Gasteiger charge is 2.24. The van der Waals surface area contributed by atoms with Gasteiger partial charge >= 0.3 is 0 Å². The average Bonchev–Trinajstić information content (AvgIpc) is 3.01. The fourth-order valence-corrected chi connectivity index (χ4v) is 3.75. The van der Waals surface area contributed by atoms with Gasteiger partial charge < -0.3 is 10.3 Å². The van der Waals surface area contributed by atoms with Gasteiger partial charge in [-0.1, -0.05) is 6.92 Å². The standard InChI is InChI=1S/C14H19N3S/c1-2-12(14-16-7-9-18-14)17-8-6-10-11(15)4-3-5-13(10)17/h6-9,11-12H,2-5,15H2,1H3. The largest absolute Gasteiger partial charge is 0.341 e. The first-order chi connectivity index (χ1) is 8.81. The van der Waals surface area contributed by atoms with Crippen molar-refractivity contribution >= 4 is 11.3 Å². The van der Waals surface area contributed by atoms with E-state index in [1.54, 1.807) is 11.3 Å². The van der Waals surface area contributed by atoms with Crippen LogP contribution in [0.2, 0.25) is 0 Å². The summed E-state index contributed by atoms with van der Waals surface area (Å²) in [5, 5.41) is 3.26. The van der Waals surface area contributed by atoms with Gasteiger partial charge in [0.25, 0.3) is 0 Å². The fraction of sp³-hybridized carbons (Fsp3) is 0.500. The number of nitrogens with zero attached hydrogens (tertiary/aromatic N) is 2. The Hall–Kier alpha value is -1.13. The van der Waals surface area contributed by atoms with Crippen LogP contribution in [0.3, 0.4) is 0 Å². The van der Waals surface area contributed by atoms with Crippen LogP contribution in [0.4, 0.5) is 0 Å². The molecule has 2 aromatic rings. The lowest BCUT2D eigenvalue weighted by Gasteiger charge is -2.24. The minimum atomic E-state index is 0.226. The molecule has 0 amide bonds. The number of aromatic nitrogens is 2. The van der Waals surface area contributed by atoms with Crippen molar-refractivity contribution in [2.75, 3.05) is 0 Å². The Labute approximate surface area is 112 Å². The van der Waals surface area contributed by atoms with Gasteiger partial charge in [0, 0.05) is 29.5 Å². The minimum Gasteiger partial charge on any atom is -0.341 e. The smallest absolute Gasteiger partial charge is 0.115 e. The van der Waals surface area contributed by atoms with Gasteiger partial charge in [-0.2, -0.15) is 0 Å². The maximum absolute atomic E-state index is 6.19. The molecule has 0 saturated heterocycles. The Morgan fingerprint density at radius 1 is 1.61 bits per heavy atom. The zero-order valence-electron chi connectivity index (χ0n) is 10.7. The molecule has 2 atom stereocenters. The molecule has 4 heteroatoms. The van der Waals surface area contributed by atoms with Crippen molar-refractivity contribution in [2.45, 2.75) is 44.7 Å². The second-order valence-electron chi connectivity index (χ2n) is 4.92. The van der Waals surface area contributed by atoms with E-state index in [2.05, 4.69) is 34.1 Å². The highest BCUT2D eigenvalue weighted by molar-refractivity contribution is 7.09. The molecule has 3 nitrogen and oxygen atoms in total. The SMILES string of the molecule is CCC(c1nccs1)n1ccc2c1CCCC2N. The molecule has 96 valence electrons. The maximum Gasteiger partial charge on any atom is 0.115 e. The van der Waals surface area contributed by atoms with Gasteiger partial charge in [-0.05, 0) is 37.3 Å². The molecule has 0 saturated carbocycles. The first-order valence-corrected chi connectivity index (χ1v) is 7.53.